The third-order valence-electron chi connectivity index (χ3n) is 4.45. The Bertz CT molecular complexity index is 760. The second-order valence-electron chi connectivity index (χ2n) is 6.02. The summed E-state index contributed by atoms with van der Waals surface area (Å²) in [5.41, 5.74) is 1.41. The van der Waals surface area contributed by atoms with Crippen molar-refractivity contribution in [1.82, 2.24) is 15.1 Å². The van der Waals surface area contributed by atoms with E-state index in [4.69, 9.17) is 0 Å². The van der Waals surface area contributed by atoms with E-state index in [2.05, 4.69) is 15.5 Å². The van der Waals surface area contributed by atoms with Crippen molar-refractivity contribution in [3.63, 3.8) is 0 Å². The van der Waals surface area contributed by atoms with Gasteiger partial charge in [0.1, 0.15) is 17.6 Å². The highest BCUT2D eigenvalue weighted by atomic mass is 19.1. The molecular weight excluding hydrogens is 311 g/mol. The molecule has 2 unspecified atom stereocenters. The minimum absolute atomic E-state index is 0.0453. The minimum atomic E-state index is -0.638. The molecule has 0 radical (unpaired) electrons. The van der Waals surface area contributed by atoms with Crippen LogP contribution in [0.15, 0.2) is 30.5 Å². The summed E-state index contributed by atoms with van der Waals surface area (Å²) in [4.78, 5) is 27.1. The van der Waals surface area contributed by atoms with Crippen LogP contribution in [0.3, 0.4) is 0 Å². The Labute approximate surface area is 139 Å². The van der Waals surface area contributed by atoms with Crippen molar-refractivity contribution in [2.45, 2.75) is 32.9 Å². The van der Waals surface area contributed by atoms with Gasteiger partial charge >= 0.3 is 0 Å². The molecule has 2 aromatic rings. The van der Waals surface area contributed by atoms with Crippen molar-refractivity contribution >= 4 is 17.5 Å². The fraction of sp³-hybridized carbons (Fsp3) is 0.353. The van der Waals surface area contributed by atoms with Gasteiger partial charge in [0.2, 0.25) is 5.91 Å². The van der Waals surface area contributed by atoms with E-state index in [0.29, 0.717) is 16.9 Å². The predicted octanol–water partition coefficient (Wildman–Crippen LogP) is 2.56. The van der Waals surface area contributed by atoms with Crippen molar-refractivity contribution < 1.29 is 14.0 Å². The first-order valence-corrected chi connectivity index (χ1v) is 7.91. The molecule has 0 fully saturated rings. The Morgan fingerprint density at radius 2 is 2.25 bits per heavy atom. The maximum Gasteiger partial charge on any atom is 0.272 e. The smallest absolute Gasteiger partial charge is 0.272 e. The highest BCUT2D eigenvalue weighted by Gasteiger charge is 2.37. The molecule has 0 spiro atoms. The Morgan fingerprint density at radius 1 is 1.46 bits per heavy atom. The van der Waals surface area contributed by atoms with Crippen LogP contribution in [0.25, 0.3) is 0 Å². The van der Waals surface area contributed by atoms with E-state index in [1.54, 1.807) is 6.07 Å². The van der Waals surface area contributed by atoms with E-state index < -0.39 is 11.9 Å². The van der Waals surface area contributed by atoms with Crippen LogP contribution < -0.4 is 5.32 Å². The molecule has 2 atom stereocenters. The molecule has 0 bridgehead atoms. The first kappa shape index (κ1) is 16.2. The lowest BCUT2D eigenvalue weighted by Crippen LogP contribution is -2.49. The van der Waals surface area contributed by atoms with Crippen LogP contribution in [0.5, 0.6) is 0 Å². The van der Waals surface area contributed by atoms with Gasteiger partial charge in [-0.1, -0.05) is 20.3 Å². The van der Waals surface area contributed by atoms with Gasteiger partial charge in [0.25, 0.3) is 5.91 Å². The largest absolute Gasteiger partial charge is 0.324 e. The van der Waals surface area contributed by atoms with E-state index in [1.807, 2.05) is 13.8 Å². The number of carbonyl (C=O) groups excluding carboxylic acids is 2. The minimum Gasteiger partial charge on any atom is -0.324 e. The number of hydrogen-bond donors (Lipinski definition) is 2. The fourth-order valence-electron chi connectivity index (χ4n) is 2.96. The van der Waals surface area contributed by atoms with Crippen molar-refractivity contribution in [2.75, 3.05) is 5.32 Å². The number of nitrogens with zero attached hydrogens (tertiary/aromatic N) is 2. The number of fused-ring (bicyclic) bond motifs is 1. The molecule has 1 aliphatic rings. The van der Waals surface area contributed by atoms with E-state index in [1.165, 1.54) is 29.3 Å². The van der Waals surface area contributed by atoms with Gasteiger partial charge in [0.15, 0.2) is 0 Å². The maximum atomic E-state index is 13.6. The maximum absolute atomic E-state index is 13.6. The molecule has 0 saturated heterocycles. The predicted molar refractivity (Wildman–Crippen MR) is 86.7 cm³/mol. The van der Waals surface area contributed by atoms with Gasteiger partial charge in [-0.15, -0.1) is 0 Å². The van der Waals surface area contributed by atoms with E-state index >= 15 is 0 Å². The Balaban J connectivity index is 2.05. The molecule has 0 aliphatic carbocycles. The zero-order chi connectivity index (χ0) is 17.3. The summed E-state index contributed by atoms with van der Waals surface area (Å²) >= 11 is 0. The van der Waals surface area contributed by atoms with Crippen molar-refractivity contribution in [3.05, 3.63) is 47.5 Å². The fourth-order valence-corrected chi connectivity index (χ4v) is 2.96. The van der Waals surface area contributed by atoms with Crippen LogP contribution in [-0.4, -0.2) is 33.0 Å². The van der Waals surface area contributed by atoms with Gasteiger partial charge < -0.3 is 10.2 Å². The lowest BCUT2D eigenvalue weighted by Gasteiger charge is -2.32. The number of anilines is 1. The first-order valence-electron chi connectivity index (χ1n) is 7.91. The standard InChI is InChI=1S/C17H19FN4O2/c1-3-10(2)15-16(23)20-13-5-4-12(18)8-11(13)9-22(15)17(24)14-6-7-19-21-14/h4-8,10,15H,3,9H2,1-2H3,(H,19,21)(H,20,23). The monoisotopic (exact) mass is 330 g/mol. The van der Waals surface area contributed by atoms with Gasteiger partial charge in [-0.2, -0.15) is 5.10 Å². The molecule has 1 aromatic carbocycles. The molecule has 24 heavy (non-hydrogen) atoms. The normalized spacial score (nSPS) is 18.5. The van der Waals surface area contributed by atoms with E-state index in [0.717, 1.165) is 6.42 Å². The number of rotatable bonds is 3. The van der Waals surface area contributed by atoms with Gasteiger partial charge in [0, 0.05) is 18.4 Å². The van der Waals surface area contributed by atoms with Gasteiger partial charge in [-0.3, -0.25) is 14.7 Å². The molecule has 126 valence electrons. The molecule has 0 saturated carbocycles. The average molecular weight is 330 g/mol. The number of hydrogen-bond acceptors (Lipinski definition) is 3. The summed E-state index contributed by atoms with van der Waals surface area (Å²) in [5.74, 6) is -1.04. The number of carbonyl (C=O) groups is 2. The molecule has 1 aromatic heterocycles. The molecule has 2 heterocycles. The summed E-state index contributed by atoms with van der Waals surface area (Å²) in [7, 11) is 0. The molecule has 7 heteroatoms. The molecule has 1 aliphatic heterocycles. The van der Waals surface area contributed by atoms with Gasteiger partial charge in [-0.05, 0) is 35.7 Å². The summed E-state index contributed by atoms with van der Waals surface area (Å²) in [6, 6.07) is 5.10. The second-order valence-corrected chi connectivity index (χ2v) is 6.02. The van der Waals surface area contributed by atoms with E-state index in [-0.39, 0.29) is 24.3 Å². The molecular formula is C17H19FN4O2. The van der Waals surface area contributed by atoms with Gasteiger partial charge in [-0.25, -0.2) is 4.39 Å². The van der Waals surface area contributed by atoms with Crippen LogP contribution in [-0.2, 0) is 11.3 Å². The highest BCUT2D eigenvalue weighted by Crippen LogP contribution is 2.28. The molecule has 3 rings (SSSR count). The lowest BCUT2D eigenvalue weighted by atomic mass is 9.96. The second kappa shape index (κ2) is 6.43. The Morgan fingerprint density at radius 3 is 2.92 bits per heavy atom. The average Bonchev–Trinajstić information content (AvgIpc) is 3.05. The lowest BCUT2D eigenvalue weighted by molar-refractivity contribution is -0.122. The van der Waals surface area contributed by atoms with Gasteiger partial charge in [0.05, 0.1) is 0 Å². The summed E-state index contributed by atoms with van der Waals surface area (Å²) < 4.78 is 13.6. The molecule has 6 nitrogen and oxygen atoms in total. The summed E-state index contributed by atoms with van der Waals surface area (Å²) in [6.07, 6.45) is 2.21. The van der Waals surface area contributed by atoms with Crippen molar-refractivity contribution in [3.8, 4) is 0 Å². The van der Waals surface area contributed by atoms with Crippen molar-refractivity contribution in [2.24, 2.45) is 5.92 Å². The Hall–Kier alpha value is -2.70. The number of aromatic amines is 1. The third kappa shape index (κ3) is 2.89. The quantitative estimate of drug-likeness (QED) is 0.908. The number of amides is 2. The van der Waals surface area contributed by atoms with Crippen LogP contribution in [0.1, 0.15) is 36.3 Å². The van der Waals surface area contributed by atoms with Crippen LogP contribution in [0.4, 0.5) is 10.1 Å². The van der Waals surface area contributed by atoms with E-state index in [9.17, 15) is 14.0 Å². The van der Waals surface area contributed by atoms with Crippen LogP contribution in [0, 0.1) is 11.7 Å². The number of H-pyrrole nitrogens is 1. The molecule has 2 amide bonds. The topological polar surface area (TPSA) is 78.1 Å². The number of halogens is 1. The SMILES string of the molecule is CCC(C)C1C(=O)Nc2ccc(F)cc2CN1C(=O)c1ccn[nH]1. The number of benzene rings is 1. The zero-order valence-electron chi connectivity index (χ0n) is 13.5. The summed E-state index contributed by atoms with van der Waals surface area (Å²) in [5, 5.41) is 9.25. The number of aromatic nitrogens is 2. The highest BCUT2D eigenvalue weighted by molar-refractivity contribution is 6.02. The zero-order valence-corrected chi connectivity index (χ0v) is 13.5. The first-order chi connectivity index (χ1) is 11.5. The van der Waals surface area contributed by atoms with Crippen LogP contribution in [0.2, 0.25) is 0 Å². The third-order valence-corrected chi connectivity index (χ3v) is 4.45. The number of nitrogens with one attached hydrogen (secondary N) is 2. The summed E-state index contributed by atoms with van der Waals surface area (Å²) in [6.45, 7) is 4.04. The van der Waals surface area contributed by atoms with Crippen LogP contribution >= 0.6 is 0 Å². The molecule has 2 N–H and O–H groups in total. The Kier molecular flexibility index (Phi) is 4.33. The van der Waals surface area contributed by atoms with Crippen molar-refractivity contribution in [1.29, 1.82) is 0 Å².